The number of amides is 2. The molecule has 1 saturated carbocycles. The third kappa shape index (κ3) is 2.49. The second-order valence-corrected chi connectivity index (χ2v) is 7.83. The second kappa shape index (κ2) is 5.92. The van der Waals surface area contributed by atoms with Gasteiger partial charge in [-0.05, 0) is 55.0 Å². The number of benzene rings is 1. The van der Waals surface area contributed by atoms with Crippen LogP contribution < -0.4 is 0 Å². The van der Waals surface area contributed by atoms with Crippen LogP contribution >= 0.6 is 11.6 Å². The summed E-state index contributed by atoms with van der Waals surface area (Å²) in [5.74, 6) is 0.607. The van der Waals surface area contributed by atoms with Crippen LogP contribution in [-0.4, -0.2) is 23.0 Å². The van der Waals surface area contributed by atoms with Gasteiger partial charge in [0.1, 0.15) is 11.5 Å². The Morgan fingerprint density at radius 2 is 1.81 bits per heavy atom. The lowest BCUT2D eigenvalue weighted by Gasteiger charge is -2.13. The molecule has 2 aliphatic carbocycles. The van der Waals surface area contributed by atoms with Crippen LogP contribution in [0.15, 0.2) is 52.0 Å². The van der Waals surface area contributed by atoms with Gasteiger partial charge in [-0.25, -0.2) is 0 Å². The summed E-state index contributed by atoms with van der Waals surface area (Å²) in [5.41, 5.74) is 1.94. The lowest BCUT2D eigenvalue weighted by atomic mass is 9.85. The Morgan fingerprint density at radius 3 is 2.52 bits per heavy atom. The van der Waals surface area contributed by atoms with Crippen molar-refractivity contribution in [2.24, 2.45) is 28.8 Å². The van der Waals surface area contributed by atoms with E-state index in [9.17, 15) is 9.59 Å². The molecule has 5 nitrogen and oxygen atoms in total. The fourth-order valence-electron chi connectivity index (χ4n) is 4.54. The van der Waals surface area contributed by atoms with Crippen molar-refractivity contribution in [2.75, 3.05) is 0 Å². The topological polar surface area (TPSA) is 62.9 Å². The van der Waals surface area contributed by atoms with E-state index in [1.54, 1.807) is 6.07 Å². The minimum absolute atomic E-state index is 0.178. The number of fused-ring (bicyclic) bond motifs is 5. The zero-order valence-corrected chi connectivity index (χ0v) is 15.4. The Hall–Kier alpha value is -2.66. The lowest BCUT2D eigenvalue weighted by molar-refractivity contribution is -0.140. The summed E-state index contributed by atoms with van der Waals surface area (Å²) >= 11 is 6.07. The highest BCUT2D eigenvalue weighted by Gasteiger charge is 2.59. The van der Waals surface area contributed by atoms with Crippen LogP contribution in [0, 0.1) is 30.6 Å². The molecular weight excluding hydrogens is 364 g/mol. The van der Waals surface area contributed by atoms with E-state index < -0.39 is 0 Å². The van der Waals surface area contributed by atoms with Crippen LogP contribution in [0.25, 0.3) is 11.3 Å². The lowest BCUT2D eigenvalue weighted by Crippen LogP contribution is -2.28. The number of aryl methyl sites for hydroxylation is 1. The molecule has 136 valence electrons. The molecule has 6 heteroatoms. The number of furan rings is 1. The molecule has 2 aromatic rings. The van der Waals surface area contributed by atoms with Crippen molar-refractivity contribution in [3.8, 4) is 11.3 Å². The summed E-state index contributed by atoms with van der Waals surface area (Å²) in [6.45, 7) is 1.98. The molecule has 1 saturated heterocycles. The smallest absolute Gasteiger partial charge is 0.254 e. The standard InChI is InChI=1S/C21H17ClN2O3/c1-11-2-5-14(22)9-16(11)17-7-6-15(27-17)10-23-24-20(25)18-12-3-4-13(8-12)19(18)21(24)26/h2-7,9-10,12-13,18-19H,8H2,1H3/t12-,13-,18-,19+/m0/s1. The summed E-state index contributed by atoms with van der Waals surface area (Å²) in [7, 11) is 0. The average molecular weight is 381 g/mol. The van der Waals surface area contributed by atoms with Crippen LogP contribution in [0.2, 0.25) is 5.02 Å². The third-order valence-corrected chi connectivity index (χ3v) is 6.07. The van der Waals surface area contributed by atoms with E-state index in [-0.39, 0.29) is 35.5 Å². The molecule has 2 fully saturated rings. The van der Waals surface area contributed by atoms with Crippen LogP contribution in [-0.2, 0) is 9.59 Å². The highest BCUT2D eigenvalue weighted by atomic mass is 35.5. The number of allylic oxidation sites excluding steroid dienone is 2. The van der Waals surface area contributed by atoms with Crippen LogP contribution in [0.3, 0.4) is 0 Å². The van der Waals surface area contributed by atoms with Gasteiger partial charge in [-0.1, -0.05) is 29.8 Å². The summed E-state index contributed by atoms with van der Waals surface area (Å²) < 4.78 is 5.81. The molecule has 0 unspecified atom stereocenters. The first-order chi connectivity index (χ1) is 13.0. The second-order valence-electron chi connectivity index (χ2n) is 7.39. The molecule has 5 rings (SSSR count). The Labute approximate surface area is 161 Å². The van der Waals surface area contributed by atoms with Gasteiger partial charge in [0.05, 0.1) is 18.1 Å². The molecular formula is C21H17ClN2O3. The van der Waals surface area contributed by atoms with Gasteiger partial charge in [0.15, 0.2) is 0 Å². The molecule has 1 aliphatic heterocycles. The molecule has 4 atom stereocenters. The highest BCUT2D eigenvalue weighted by molar-refractivity contribution is 6.30. The number of hydrogen-bond acceptors (Lipinski definition) is 4. The fraction of sp³-hybridized carbons (Fsp3) is 0.286. The van der Waals surface area contributed by atoms with Gasteiger partial charge in [0, 0.05) is 10.6 Å². The highest BCUT2D eigenvalue weighted by Crippen LogP contribution is 2.52. The third-order valence-electron chi connectivity index (χ3n) is 5.84. The van der Waals surface area contributed by atoms with E-state index in [2.05, 4.69) is 17.3 Å². The van der Waals surface area contributed by atoms with Crippen molar-refractivity contribution in [1.82, 2.24) is 5.01 Å². The van der Waals surface area contributed by atoms with E-state index >= 15 is 0 Å². The summed E-state index contributed by atoms with van der Waals surface area (Å²) in [4.78, 5) is 25.3. The van der Waals surface area contributed by atoms with Crippen molar-refractivity contribution in [3.05, 3.63) is 58.8 Å². The Morgan fingerprint density at radius 1 is 1.11 bits per heavy atom. The Balaban J connectivity index is 1.38. The molecule has 3 aliphatic rings. The summed E-state index contributed by atoms with van der Waals surface area (Å²) in [5, 5.41) is 5.80. The minimum atomic E-state index is -0.245. The number of halogens is 1. The quantitative estimate of drug-likeness (QED) is 0.458. The normalized spacial score (nSPS) is 28.7. The maximum absolute atomic E-state index is 12.6. The van der Waals surface area contributed by atoms with E-state index in [0.29, 0.717) is 16.5 Å². The SMILES string of the molecule is Cc1ccc(Cl)cc1-c1ccc(C=NN2C(=O)[C@@H]3[C@H](C2=O)[C@H]2C=C[C@H]3C2)o1. The molecule has 27 heavy (non-hydrogen) atoms. The molecule has 1 aromatic carbocycles. The molecule has 0 spiro atoms. The van der Waals surface area contributed by atoms with Crippen molar-refractivity contribution in [3.63, 3.8) is 0 Å². The van der Waals surface area contributed by atoms with Crippen molar-refractivity contribution in [2.45, 2.75) is 13.3 Å². The summed E-state index contributed by atoms with van der Waals surface area (Å²) in [6.07, 6.45) is 6.47. The summed E-state index contributed by atoms with van der Waals surface area (Å²) in [6, 6.07) is 9.18. The van der Waals surface area contributed by atoms with Crippen LogP contribution in [0.4, 0.5) is 0 Å². The largest absolute Gasteiger partial charge is 0.455 e. The number of hydrogen-bond donors (Lipinski definition) is 0. The first-order valence-electron chi connectivity index (χ1n) is 8.99. The number of imide groups is 1. The van der Waals surface area contributed by atoms with Crippen molar-refractivity contribution in [1.29, 1.82) is 0 Å². The van der Waals surface area contributed by atoms with Gasteiger partial charge in [-0.3, -0.25) is 9.59 Å². The molecule has 1 aromatic heterocycles. The van der Waals surface area contributed by atoms with Gasteiger partial charge in [-0.2, -0.15) is 10.1 Å². The molecule has 0 radical (unpaired) electrons. The van der Waals surface area contributed by atoms with Gasteiger partial charge in [0.2, 0.25) is 0 Å². The number of carbonyl (C=O) groups excluding carboxylic acids is 2. The van der Waals surface area contributed by atoms with Crippen molar-refractivity contribution >= 4 is 29.6 Å². The average Bonchev–Trinajstić information content (AvgIpc) is 3.41. The van der Waals surface area contributed by atoms with E-state index in [4.69, 9.17) is 16.0 Å². The molecule has 2 bridgehead atoms. The van der Waals surface area contributed by atoms with Gasteiger partial charge < -0.3 is 4.42 Å². The van der Waals surface area contributed by atoms with Crippen LogP contribution in [0.5, 0.6) is 0 Å². The predicted octanol–water partition coefficient (Wildman–Crippen LogP) is 4.05. The Kier molecular flexibility index (Phi) is 3.62. The number of hydrazone groups is 1. The zero-order valence-electron chi connectivity index (χ0n) is 14.6. The number of carbonyl (C=O) groups is 2. The predicted molar refractivity (Wildman–Crippen MR) is 101 cm³/mol. The molecule has 2 heterocycles. The first-order valence-corrected chi connectivity index (χ1v) is 9.37. The van der Waals surface area contributed by atoms with Gasteiger partial charge >= 0.3 is 0 Å². The molecule has 2 amide bonds. The zero-order chi connectivity index (χ0) is 18.7. The molecule has 0 N–H and O–H groups in total. The maximum atomic E-state index is 12.6. The fourth-order valence-corrected chi connectivity index (χ4v) is 4.71. The monoisotopic (exact) mass is 380 g/mol. The van der Waals surface area contributed by atoms with Gasteiger partial charge in [-0.15, -0.1) is 0 Å². The van der Waals surface area contributed by atoms with E-state index in [1.807, 2.05) is 31.2 Å². The number of rotatable bonds is 3. The first kappa shape index (κ1) is 16.5. The van der Waals surface area contributed by atoms with Crippen LogP contribution in [0.1, 0.15) is 17.7 Å². The van der Waals surface area contributed by atoms with E-state index in [0.717, 1.165) is 22.6 Å². The Bertz CT molecular complexity index is 992. The van der Waals surface area contributed by atoms with Crippen molar-refractivity contribution < 1.29 is 14.0 Å². The maximum Gasteiger partial charge on any atom is 0.254 e. The number of nitrogens with zero attached hydrogens (tertiary/aromatic N) is 2. The van der Waals surface area contributed by atoms with Gasteiger partial charge in [0.25, 0.3) is 11.8 Å². The minimum Gasteiger partial charge on any atom is -0.455 e. The van der Waals surface area contributed by atoms with E-state index in [1.165, 1.54) is 6.21 Å².